The van der Waals surface area contributed by atoms with Gasteiger partial charge in [0, 0.05) is 12.1 Å². The molecule has 1 aliphatic heterocycles. The summed E-state index contributed by atoms with van der Waals surface area (Å²) >= 11 is 0. The Balaban J connectivity index is 1.81. The number of allylic oxidation sites excluding steroid dienone is 1. The van der Waals surface area contributed by atoms with Crippen molar-refractivity contribution in [1.29, 1.82) is 0 Å². The Morgan fingerprint density at radius 2 is 1.75 bits per heavy atom. The summed E-state index contributed by atoms with van der Waals surface area (Å²) in [4.78, 5) is 12.6. The summed E-state index contributed by atoms with van der Waals surface area (Å²) in [6, 6.07) is 8.52. The second-order valence-corrected chi connectivity index (χ2v) is 7.12. The number of ketones is 1. The number of rotatable bonds is 7. The molecule has 1 aliphatic rings. The van der Waals surface area contributed by atoms with E-state index in [1.807, 2.05) is 0 Å². The summed E-state index contributed by atoms with van der Waals surface area (Å²) in [5.74, 6) is -1.02. The molecule has 6 N–H and O–H groups in total. The number of methoxy groups -OCH3 is 1. The first kappa shape index (κ1) is 23.5. The van der Waals surface area contributed by atoms with Crippen LogP contribution in [0, 0.1) is 0 Å². The Bertz CT molecular complexity index is 969. The number of benzene rings is 2. The van der Waals surface area contributed by atoms with Gasteiger partial charge in [-0.05, 0) is 23.8 Å². The van der Waals surface area contributed by atoms with Gasteiger partial charge in [0.25, 0.3) is 0 Å². The van der Waals surface area contributed by atoms with E-state index in [2.05, 4.69) is 0 Å². The lowest BCUT2D eigenvalue weighted by atomic mass is 9.99. The van der Waals surface area contributed by atoms with Gasteiger partial charge in [-0.3, -0.25) is 4.79 Å². The molecule has 1 heterocycles. The lowest BCUT2D eigenvalue weighted by Crippen LogP contribution is -2.60. The van der Waals surface area contributed by atoms with Gasteiger partial charge in [-0.15, -0.1) is 0 Å². The summed E-state index contributed by atoms with van der Waals surface area (Å²) in [6.45, 7) is -0.625. The maximum Gasteiger partial charge on any atom is 0.229 e. The molecular weight excluding hydrogens is 424 g/mol. The molecule has 0 aliphatic carbocycles. The van der Waals surface area contributed by atoms with Crippen LogP contribution < -0.4 is 9.47 Å². The van der Waals surface area contributed by atoms with E-state index in [4.69, 9.17) is 14.2 Å². The number of hydrogen-bond acceptors (Lipinski definition) is 10. The van der Waals surface area contributed by atoms with Crippen LogP contribution >= 0.6 is 0 Å². The molecule has 2 aromatic carbocycles. The van der Waals surface area contributed by atoms with Crippen molar-refractivity contribution in [3.8, 4) is 23.0 Å². The first-order chi connectivity index (χ1) is 15.2. The summed E-state index contributed by atoms with van der Waals surface area (Å²) in [7, 11) is 1.28. The number of aromatic hydroxyl groups is 2. The molecule has 0 aromatic heterocycles. The molecule has 5 atom stereocenters. The number of hydrogen-bond donors (Lipinski definition) is 6. The summed E-state index contributed by atoms with van der Waals surface area (Å²) in [5.41, 5.74) is 0.515. The zero-order chi connectivity index (χ0) is 23.4. The molecule has 0 bridgehead atoms. The van der Waals surface area contributed by atoms with Gasteiger partial charge < -0.3 is 44.8 Å². The minimum Gasteiger partial charge on any atom is -0.508 e. The van der Waals surface area contributed by atoms with Gasteiger partial charge in [0.05, 0.1) is 13.7 Å². The Kier molecular flexibility index (Phi) is 7.33. The van der Waals surface area contributed by atoms with Crippen molar-refractivity contribution in [2.75, 3.05) is 13.7 Å². The van der Waals surface area contributed by atoms with Crippen LogP contribution in [-0.4, -0.2) is 80.8 Å². The van der Waals surface area contributed by atoms with Gasteiger partial charge in [0.1, 0.15) is 53.0 Å². The molecule has 10 nitrogen and oxygen atoms in total. The van der Waals surface area contributed by atoms with E-state index in [1.54, 1.807) is 12.1 Å². The van der Waals surface area contributed by atoms with Crippen LogP contribution in [-0.2, 0) is 4.74 Å². The van der Waals surface area contributed by atoms with Crippen molar-refractivity contribution in [3.05, 3.63) is 53.6 Å². The van der Waals surface area contributed by atoms with Crippen molar-refractivity contribution < 1.29 is 49.6 Å². The fourth-order valence-electron chi connectivity index (χ4n) is 3.19. The van der Waals surface area contributed by atoms with Gasteiger partial charge in [-0.1, -0.05) is 18.2 Å². The molecule has 0 spiro atoms. The molecule has 3 rings (SSSR count). The fourth-order valence-corrected chi connectivity index (χ4v) is 3.19. The highest BCUT2D eigenvalue weighted by atomic mass is 16.7. The number of carbonyl (C=O) groups excluding carboxylic acids is 1. The standard InChI is InChI=1S/C22H24O10/c1-30-16-9-13(31-22-21(29)20(28)19(27)17(10-23)32-22)8-15(26)18(16)14(25)7-4-11-2-5-12(24)6-3-11/h2-9,17,19-24,26-29H,10H2,1H3/t17-,19-,20+,21+,22+/m1/s1. The number of phenolic OH excluding ortho intramolecular Hbond substituents is 2. The molecule has 0 saturated carbocycles. The highest BCUT2D eigenvalue weighted by Gasteiger charge is 2.44. The van der Waals surface area contributed by atoms with E-state index in [9.17, 15) is 35.4 Å². The Morgan fingerprint density at radius 1 is 1.06 bits per heavy atom. The van der Waals surface area contributed by atoms with Crippen LogP contribution in [0.4, 0.5) is 0 Å². The largest absolute Gasteiger partial charge is 0.508 e. The van der Waals surface area contributed by atoms with Crippen LogP contribution in [0.5, 0.6) is 23.0 Å². The predicted octanol–water partition coefficient (Wildman–Crippen LogP) is 0.181. The minimum absolute atomic E-state index is 0.0232. The second-order valence-electron chi connectivity index (χ2n) is 7.12. The third-order valence-corrected chi connectivity index (χ3v) is 4.94. The molecule has 2 aromatic rings. The van der Waals surface area contributed by atoms with Gasteiger partial charge in [0.2, 0.25) is 6.29 Å². The summed E-state index contributed by atoms with van der Waals surface area (Å²) in [6.07, 6.45) is -4.73. The molecular formula is C22H24O10. The number of phenols is 2. The normalized spacial score (nSPS) is 25.6. The van der Waals surface area contributed by atoms with Gasteiger partial charge in [0.15, 0.2) is 5.78 Å². The van der Waals surface area contributed by atoms with E-state index in [-0.39, 0.29) is 22.8 Å². The van der Waals surface area contributed by atoms with E-state index in [0.29, 0.717) is 5.56 Å². The van der Waals surface area contributed by atoms with Crippen molar-refractivity contribution >= 4 is 11.9 Å². The van der Waals surface area contributed by atoms with Crippen LogP contribution in [0.2, 0.25) is 0 Å². The zero-order valence-corrected chi connectivity index (χ0v) is 17.0. The molecule has 0 unspecified atom stereocenters. The topological polar surface area (TPSA) is 166 Å². The SMILES string of the molecule is COc1cc(O[C@H]2O[C@H](CO)[C@@H](O)[C@H](O)[C@@H]2O)cc(O)c1C(=O)C=Cc1ccc(O)cc1. The number of carbonyl (C=O) groups is 1. The Hall–Kier alpha value is -3.15. The van der Waals surface area contributed by atoms with E-state index >= 15 is 0 Å². The Morgan fingerprint density at radius 3 is 2.38 bits per heavy atom. The predicted molar refractivity (Wildman–Crippen MR) is 111 cm³/mol. The Labute approximate surface area is 183 Å². The molecule has 32 heavy (non-hydrogen) atoms. The smallest absolute Gasteiger partial charge is 0.229 e. The van der Waals surface area contributed by atoms with E-state index < -0.39 is 48.8 Å². The van der Waals surface area contributed by atoms with Crippen LogP contribution in [0.1, 0.15) is 15.9 Å². The quantitative estimate of drug-likeness (QED) is 0.254. The first-order valence-electron chi connectivity index (χ1n) is 9.64. The van der Waals surface area contributed by atoms with Gasteiger partial charge in [-0.2, -0.15) is 0 Å². The lowest BCUT2D eigenvalue weighted by molar-refractivity contribution is -0.277. The summed E-state index contributed by atoms with van der Waals surface area (Å²) in [5, 5.41) is 58.8. The molecule has 172 valence electrons. The lowest BCUT2D eigenvalue weighted by Gasteiger charge is -2.39. The van der Waals surface area contributed by atoms with Crippen LogP contribution in [0.15, 0.2) is 42.5 Å². The third kappa shape index (κ3) is 5.01. The maximum atomic E-state index is 12.6. The van der Waals surface area contributed by atoms with E-state index in [1.165, 1.54) is 37.5 Å². The average Bonchev–Trinajstić information content (AvgIpc) is 2.78. The maximum absolute atomic E-state index is 12.6. The van der Waals surface area contributed by atoms with Crippen molar-refractivity contribution in [2.45, 2.75) is 30.7 Å². The highest BCUT2D eigenvalue weighted by molar-refractivity contribution is 6.10. The van der Waals surface area contributed by atoms with Crippen LogP contribution in [0.3, 0.4) is 0 Å². The van der Waals surface area contributed by atoms with Crippen molar-refractivity contribution in [2.24, 2.45) is 0 Å². The van der Waals surface area contributed by atoms with Gasteiger partial charge >= 0.3 is 0 Å². The van der Waals surface area contributed by atoms with Crippen molar-refractivity contribution in [1.82, 2.24) is 0 Å². The third-order valence-electron chi connectivity index (χ3n) is 4.94. The monoisotopic (exact) mass is 448 g/mol. The van der Waals surface area contributed by atoms with E-state index in [0.717, 1.165) is 6.07 Å². The molecule has 0 amide bonds. The minimum atomic E-state index is -1.64. The number of aliphatic hydroxyl groups is 4. The van der Waals surface area contributed by atoms with Crippen molar-refractivity contribution in [3.63, 3.8) is 0 Å². The second kappa shape index (κ2) is 9.98. The number of aliphatic hydroxyl groups excluding tert-OH is 4. The molecule has 1 fully saturated rings. The molecule has 1 saturated heterocycles. The van der Waals surface area contributed by atoms with Gasteiger partial charge in [-0.25, -0.2) is 0 Å². The first-order valence-corrected chi connectivity index (χ1v) is 9.64. The van der Waals surface area contributed by atoms with Crippen LogP contribution in [0.25, 0.3) is 6.08 Å². The molecule has 0 radical (unpaired) electrons. The number of ether oxygens (including phenoxy) is 3. The fraction of sp³-hybridized carbons (Fsp3) is 0.318. The summed E-state index contributed by atoms with van der Waals surface area (Å²) < 4.78 is 15.9. The average molecular weight is 448 g/mol. The zero-order valence-electron chi connectivity index (χ0n) is 17.0. The highest BCUT2D eigenvalue weighted by Crippen LogP contribution is 2.35. The molecule has 10 heteroatoms.